The molecule has 0 saturated carbocycles. The van der Waals surface area contributed by atoms with Crippen molar-refractivity contribution in [1.29, 1.82) is 0 Å². The van der Waals surface area contributed by atoms with Crippen LogP contribution >= 0.6 is 0 Å². The number of benzene rings is 1. The lowest BCUT2D eigenvalue weighted by Crippen LogP contribution is -2.51. The predicted molar refractivity (Wildman–Crippen MR) is 98.5 cm³/mol. The molecule has 27 heavy (non-hydrogen) atoms. The standard InChI is InChI=1S/C18H22N2O6S/c1-4-12-15(17(22)25-5-2)13(20-18(23)19-12)10-26-16(21)11-8-6-7-9-14(11)27(3)24/h6-9,12H,4-5,10H2,1-3H3,(H2,19,20,23)/t12-,27-/m1/s1. The predicted octanol–water partition coefficient (Wildman–Crippen LogP) is 1.49. The molecule has 0 bridgehead atoms. The smallest absolute Gasteiger partial charge is 0.339 e. The third-order valence-electron chi connectivity index (χ3n) is 3.91. The number of carbonyl (C=O) groups excluding carboxylic acids is 3. The van der Waals surface area contributed by atoms with E-state index in [2.05, 4.69) is 10.6 Å². The number of carbonyl (C=O) groups is 3. The third-order valence-corrected chi connectivity index (χ3v) is 4.89. The van der Waals surface area contributed by atoms with Gasteiger partial charge in [-0.15, -0.1) is 0 Å². The Kier molecular flexibility index (Phi) is 7.12. The first-order chi connectivity index (χ1) is 12.9. The van der Waals surface area contributed by atoms with Crippen molar-refractivity contribution < 1.29 is 28.1 Å². The molecule has 0 spiro atoms. The summed E-state index contributed by atoms with van der Waals surface area (Å²) in [6.07, 6.45) is 1.93. The number of urea groups is 1. The highest BCUT2D eigenvalue weighted by Crippen LogP contribution is 2.19. The summed E-state index contributed by atoms with van der Waals surface area (Å²) in [6.45, 7) is 3.35. The van der Waals surface area contributed by atoms with Gasteiger partial charge in [0, 0.05) is 6.26 Å². The van der Waals surface area contributed by atoms with E-state index >= 15 is 0 Å². The van der Waals surface area contributed by atoms with Crippen LogP contribution in [0.25, 0.3) is 0 Å². The van der Waals surface area contributed by atoms with Crippen molar-refractivity contribution in [2.45, 2.75) is 31.2 Å². The Morgan fingerprint density at radius 1 is 1.15 bits per heavy atom. The molecule has 1 aromatic rings. The summed E-state index contributed by atoms with van der Waals surface area (Å²) in [7, 11) is -1.37. The van der Waals surface area contributed by atoms with Crippen molar-refractivity contribution in [2.75, 3.05) is 19.5 Å². The molecule has 0 aromatic heterocycles. The van der Waals surface area contributed by atoms with Gasteiger partial charge in [0.05, 0.1) is 45.2 Å². The molecule has 0 saturated heterocycles. The van der Waals surface area contributed by atoms with Crippen molar-refractivity contribution in [3.8, 4) is 0 Å². The van der Waals surface area contributed by atoms with Crippen LogP contribution in [0.1, 0.15) is 30.6 Å². The van der Waals surface area contributed by atoms with Crippen LogP contribution in [0.3, 0.4) is 0 Å². The minimum absolute atomic E-state index is 0.170. The van der Waals surface area contributed by atoms with Gasteiger partial charge in [0.1, 0.15) is 6.61 Å². The van der Waals surface area contributed by atoms with Gasteiger partial charge in [-0.05, 0) is 25.5 Å². The van der Waals surface area contributed by atoms with Gasteiger partial charge >= 0.3 is 18.0 Å². The van der Waals surface area contributed by atoms with Gasteiger partial charge in [-0.1, -0.05) is 19.1 Å². The maximum atomic E-state index is 12.4. The van der Waals surface area contributed by atoms with Crippen LogP contribution in [0.5, 0.6) is 0 Å². The Balaban J connectivity index is 2.27. The minimum Gasteiger partial charge on any atom is -0.463 e. The average Bonchev–Trinajstić information content (AvgIpc) is 2.65. The lowest BCUT2D eigenvalue weighted by Gasteiger charge is -2.28. The van der Waals surface area contributed by atoms with E-state index in [1.165, 1.54) is 12.3 Å². The number of hydrogen-bond donors (Lipinski definition) is 2. The van der Waals surface area contributed by atoms with E-state index in [1.54, 1.807) is 25.1 Å². The van der Waals surface area contributed by atoms with Crippen molar-refractivity contribution in [2.24, 2.45) is 0 Å². The van der Waals surface area contributed by atoms with Gasteiger partial charge in [-0.2, -0.15) is 0 Å². The number of amides is 2. The molecule has 0 fully saturated rings. The highest BCUT2D eigenvalue weighted by Gasteiger charge is 2.32. The van der Waals surface area contributed by atoms with E-state index in [-0.39, 0.29) is 30.0 Å². The van der Waals surface area contributed by atoms with Crippen LogP contribution < -0.4 is 10.6 Å². The summed E-state index contributed by atoms with van der Waals surface area (Å²) in [5.74, 6) is -1.28. The number of esters is 2. The van der Waals surface area contributed by atoms with E-state index in [9.17, 15) is 18.6 Å². The Bertz CT molecular complexity index is 805. The van der Waals surface area contributed by atoms with Crippen molar-refractivity contribution in [3.05, 3.63) is 41.1 Å². The lowest BCUT2D eigenvalue weighted by molar-refractivity contribution is -0.139. The second-order valence-electron chi connectivity index (χ2n) is 5.70. The zero-order valence-corrected chi connectivity index (χ0v) is 16.2. The van der Waals surface area contributed by atoms with E-state index in [4.69, 9.17) is 9.47 Å². The monoisotopic (exact) mass is 394 g/mol. The number of ether oxygens (including phenoxy) is 2. The second kappa shape index (κ2) is 9.31. The Labute approximate surface area is 159 Å². The Hall–Kier alpha value is -2.68. The fourth-order valence-electron chi connectivity index (χ4n) is 2.68. The summed E-state index contributed by atoms with van der Waals surface area (Å²) in [4.78, 5) is 36.9. The molecular weight excluding hydrogens is 372 g/mol. The van der Waals surface area contributed by atoms with Crippen molar-refractivity contribution in [3.63, 3.8) is 0 Å². The minimum atomic E-state index is -1.37. The number of hydrogen-bond acceptors (Lipinski definition) is 6. The van der Waals surface area contributed by atoms with Gasteiger partial charge in [0.25, 0.3) is 0 Å². The topological polar surface area (TPSA) is 111 Å². The van der Waals surface area contributed by atoms with Gasteiger partial charge < -0.3 is 20.1 Å². The second-order valence-corrected chi connectivity index (χ2v) is 7.05. The molecule has 0 unspecified atom stereocenters. The highest BCUT2D eigenvalue weighted by atomic mass is 32.2. The Morgan fingerprint density at radius 2 is 1.85 bits per heavy atom. The van der Waals surface area contributed by atoms with Crippen LogP contribution in [0, 0.1) is 0 Å². The maximum absolute atomic E-state index is 12.4. The maximum Gasteiger partial charge on any atom is 0.339 e. The molecule has 8 nitrogen and oxygen atoms in total. The summed E-state index contributed by atoms with van der Waals surface area (Å²) in [5.41, 5.74) is 0.565. The zero-order valence-electron chi connectivity index (χ0n) is 15.4. The molecule has 1 aromatic carbocycles. The van der Waals surface area contributed by atoms with Crippen LogP contribution in [-0.4, -0.2) is 47.7 Å². The molecule has 1 aliphatic rings. The van der Waals surface area contributed by atoms with E-state index in [1.807, 2.05) is 6.92 Å². The van der Waals surface area contributed by atoms with Crippen molar-refractivity contribution >= 4 is 28.8 Å². The molecule has 2 rings (SSSR count). The fraction of sp³-hybridized carbons (Fsp3) is 0.389. The van der Waals surface area contributed by atoms with Gasteiger partial charge in [-0.25, -0.2) is 14.4 Å². The van der Waals surface area contributed by atoms with E-state index in [0.29, 0.717) is 11.3 Å². The Morgan fingerprint density at radius 3 is 2.48 bits per heavy atom. The highest BCUT2D eigenvalue weighted by molar-refractivity contribution is 7.84. The molecule has 1 aliphatic heterocycles. The molecule has 2 N–H and O–H groups in total. The number of rotatable bonds is 7. The lowest BCUT2D eigenvalue weighted by atomic mass is 10.0. The van der Waals surface area contributed by atoms with Crippen LogP contribution in [0.4, 0.5) is 4.79 Å². The number of nitrogens with one attached hydrogen (secondary N) is 2. The zero-order chi connectivity index (χ0) is 20.0. The third kappa shape index (κ3) is 4.94. The molecule has 1 heterocycles. The normalized spacial score (nSPS) is 17.6. The van der Waals surface area contributed by atoms with Crippen LogP contribution in [0.15, 0.2) is 40.4 Å². The molecule has 0 radical (unpaired) electrons. The molecule has 146 valence electrons. The van der Waals surface area contributed by atoms with Crippen molar-refractivity contribution in [1.82, 2.24) is 10.6 Å². The molecule has 9 heteroatoms. The summed E-state index contributed by atoms with van der Waals surface area (Å²) >= 11 is 0. The first-order valence-corrected chi connectivity index (χ1v) is 10.0. The van der Waals surface area contributed by atoms with E-state index < -0.39 is 34.8 Å². The summed E-state index contributed by atoms with van der Waals surface area (Å²) in [5, 5.41) is 5.15. The van der Waals surface area contributed by atoms with Crippen LogP contribution in [0.2, 0.25) is 0 Å². The molecule has 2 atom stereocenters. The molecular formula is C18H22N2O6S. The summed E-state index contributed by atoms with van der Waals surface area (Å²) in [6, 6.07) is 5.37. The molecule has 2 amide bonds. The quantitative estimate of drug-likeness (QED) is 0.678. The fourth-order valence-corrected chi connectivity index (χ4v) is 3.41. The van der Waals surface area contributed by atoms with Gasteiger partial charge in [0.2, 0.25) is 0 Å². The van der Waals surface area contributed by atoms with E-state index in [0.717, 1.165) is 0 Å². The largest absolute Gasteiger partial charge is 0.463 e. The van der Waals surface area contributed by atoms with Gasteiger partial charge in [-0.3, -0.25) is 4.21 Å². The average molecular weight is 394 g/mol. The molecule has 0 aliphatic carbocycles. The SMILES string of the molecule is CCOC(=O)C1=C(COC(=O)c2ccccc2[S@@](C)=O)NC(=O)N[C@@H]1CC. The summed E-state index contributed by atoms with van der Waals surface area (Å²) < 4.78 is 22.1. The first-order valence-electron chi connectivity index (χ1n) is 8.46. The van der Waals surface area contributed by atoms with Crippen LogP contribution in [-0.2, 0) is 25.1 Å². The first kappa shape index (κ1) is 20.6. The van der Waals surface area contributed by atoms with Gasteiger partial charge in [0.15, 0.2) is 0 Å².